The Balaban J connectivity index is 1.61. The quantitative estimate of drug-likeness (QED) is 0.472. The standard InChI is InChI=1S/C18H22N2O2S/c1-2-3-4-11-22-15-9-5-13(6-10-15)12-16-17(21)20(14-7-8-14)18(23)19-16/h5-6,9-10,12,14H,2-4,7-8,11H2,1H3,(H,19,23)/b16-12+. The van der Waals surface area contributed by atoms with E-state index in [4.69, 9.17) is 17.0 Å². The Kier molecular flexibility index (Phi) is 4.96. The third kappa shape index (κ3) is 3.91. The van der Waals surface area contributed by atoms with E-state index in [1.165, 1.54) is 12.8 Å². The van der Waals surface area contributed by atoms with Crippen molar-refractivity contribution in [1.29, 1.82) is 0 Å². The average molecular weight is 330 g/mol. The molecule has 1 aliphatic heterocycles. The first kappa shape index (κ1) is 16.0. The monoisotopic (exact) mass is 330 g/mol. The second-order valence-electron chi connectivity index (χ2n) is 6.02. The molecule has 1 amide bonds. The molecule has 4 nitrogen and oxygen atoms in total. The molecule has 2 aliphatic rings. The Morgan fingerprint density at radius 1 is 1.30 bits per heavy atom. The van der Waals surface area contributed by atoms with E-state index in [1.54, 1.807) is 4.90 Å². The zero-order chi connectivity index (χ0) is 16.2. The number of ether oxygens (including phenoxy) is 1. The molecule has 3 rings (SSSR count). The number of amides is 1. The Morgan fingerprint density at radius 3 is 2.70 bits per heavy atom. The van der Waals surface area contributed by atoms with Crippen molar-refractivity contribution in [3.8, 4) is 5.75 Å². The highest BCUT2D eigenvalue weighted by molar-refractivity contribution is 7.80. The van der Waals surface area contributed by atoms with Crippen molar-refractivity contribution >= 4 is 29.3 Å². The van der Waals surface area contributed by atoms with Gasteiger partial charge in [-0.2, -0.15) is 0 Å². The van der Waals surface area contributed by atoms with Crippen molar-refractivity contribution in [2.24, 2.45) is 0 Å². The molecule has 1 aromatic carbocycles. The molecule has 0 unspecified atom stereocenters. The zero-order valence-electron chi connectivity index (χ0n) is 13.4. The second kappa shape index (κ2) is 7.13. The van der Waals surface area contributed by atoms with Gasteiger partial charge >= 0.3 is 0 Å². The van der Waals surface area contributed by atoms with Crippen LogP contribution < -0.4 is 10.1 Å². The molecule has 1 aromatic rings. The number of nitrogens with zero attached hydrogens (tertiary/aromatic N) is 1. The lowest BCUT2D eigenvalue weighted by Crippen LogP contribution is -2.32. The van der Waals surface area contributed by atoms with E-state index in [-0.39, 0.29) is 5.91 Å². The van der Waals surface area contributed by atoms with Gasteiger partial charge in [0.15, 0.2) is 5.11 Å². The van der Waals surface area contributed by atoms with E-state index in [0.29, 0.717) is 16.9 Å². The number of rotatable bonds is 7. The summed E-state index contributed by atoms with van der Waals surface area (Å²) in [6.07, 6.45) is 7.40. The summed E-state index contributed by atoms with van der Waals surface area (Å²) in [6, 6.07) is 8.09. The van der Waals surface area contributed by atoms with Crippen molar-refractivity contribution in [3.63, 3.8) is 0 Å². The lowest BCUT2D eigenvalue weighted by molar-refractivity contribution is -0.122. The highest BCUT2D eigenvalue weighted by Crippen LogP contribution is 2.31. The third-order valence-corrected chi connectivity index (χ3v) is 4.33. The van der Waals surface area contributed by atoms with Crippen molar-refractivity contribution in [1.82, 2.24) is 10.2 Å². The summed E-state index contributed by atoms with van der Waals surface area (Å²) in [7, 11) is 0. The molecule has 0 radical (unpaired) electrons. The molecule has 1 saturated heterocycles. The van der Waals surface area contributed by atoms with Crippen LogP contribution in [0.1, 0.15) is 44.6 Å². The van der Waals surface area contributed by atoms with Gasteiger partial charge in [0.1, 0.15) is 11.4 Å². The molecule has 2 fully saturated rings. The van der Waals surface area contributed by atoms with Crippen LogP contribution in [-0.4, -0.2) is 28.6 Å². The normalized spacial score (nSPS) is 19.3. The maximum atomic E-state index is 12.4. The van der Waals surface area contributed by atoms with Crippen LogP contribution in [-0.2, 0) is 4.79 Å². The van der Waals surface area contributed by atoms with Crippen molar-refractivity contribution in [2.45, 2.75) is 45.1 Å². The summed E-state index contributed by atoms with van der Waals surface area (Å²) in [5, 5.41) is 3.55. The number of hydrogen-bond acceptors (Lipinski definition) is 3. The van der Waals surface area contributed by atoms with Crippen molar-refractivity contribution in [2.75, 3.05) is 6.61 Å². The first-order chi connectivity index (χ1) is 11.2. The molecule has 1 N–H and O–H groups in total. The number of thiocarbonyl (C=S) groups is 1. The summed E-state index contributed by atoms with van der Waals surface area (Å²) in [4.78, 5) is 14.1. The largest absolute Gasteiger partial charge is 0.494 e. The lowest BCUT2D eigenvalue weighted by Gasteiger charge is -2.11. The van der Waals surface area contributed by atoms with E-state index in [2.05, 4.69) is 12.2 Å². The molecule has 1 aliphatic carbocycles. The molecule has 122 valence electrons. The minimum absolute atomic E-state index is 0.0163. The molecule has 23 heavy (non-hydrogen) atoms. The first-order valence-electron chi connectivity index (χ1n) is 8.28. The first-order valence-corrected chi connectivity index (χ1v) is 8.69. The topological polar surface area (TPSA) is 41.6 Å². The lowest BCUT2D eigenvalue weighted by atomic mass is 10.2. The van der Waals surface area contributed by atoms with Gasteiger partial charge in [0.2, 0.25) is 0 Å². The zero-order valence-corrected chi connectivity index (χ0v) is 14.2. The Labute approximate surface area is 142 Å². The molecule has 5 heteroatoms. The van der Waals surface area contributed by atoms with E-state index < -0.39 is 0 Å². The van der Waals surface area contributed by atoms with Crippen LogP contribution in [0.5, 0.6) is 5.75 Å². The van der Waals surface area contributed by atoms with E-state index in [1.807, 2.05) is 30.3 Å². The van der Waals surface area contributed by atoms with Gasteiger partial charge in [-0.3, -0.25) is 9.69 Å². The SMILES string of the molecule is CCCCCOc1ccc(/C=C2/NC(=S)N(C3CC3)C2=O)cc1. The Morgan fingerprint density at radius 2 is 2.04 bits per heavy atom. The van der Waals surface area contributed by atoms with Crippen LogP contribution in [0.25, 0.3) is 6.08 Å². The molecular formula is C18H22N2O2S. The summed E-state index contributed by atoms with van der Waals surface area (Å²) in [5.74, 6) is 0.849. The molecule has 0 atom stereocenters. The maximum absolute atomic E-state index is 12.4. The fourth-order valence-corrected chi connectivity index (χ4v) is 2.92. The molecule has 1 saturated carbocycles. The van der Waals surface area contributed by atoms with Crippen LogP contribution >= 0.6 is 12.2 Å². The van der Waals surface area contributed by atoms with E-state index in [0.717, 1.165) is 37.2 Å². The summed E-state index contributed by atoms with van der Waals surface area (Å²) in [5.41, 5.74) is 1.51. The van der Waals surface area contributed by atoms with Crippen LogP contribution in [0.3, 0.4) is 0 Å². The fraction of sp³-hybridized carbons (Fsp3) is 0.444. The minimum Gasteiger partial charge on any atom is -0.494 e. The van der Waals surface area contributed by atoms with Crippen LogP contribution in [0.2, 0.25) is 0 Å². The van der Waals surface area contributed by atoms with Gasteiger partial charge in [-0.1, -0.05) is 31.9 Å². The number of benzene rings is 1. The molecule has 0 bridgehead atoms. The van der Waals surface area contributed by atoms with Gasteiger partial charge in [0, 0.05) is 6.04 Å². The van der Waals surface area contributed by atoms with Crippen LogP contribution in [0.4, 0.5) is 0 Å². The average Bonchev–Trinajstić information content (AvgIpc) is 3.33. The predicted molar refractivity (Wildman–Crippen MR) is 95.0 cm³/mol. The molecule has 0 aromatic heterocycles. The highest BCUT2D eigenvalue weighted by Gasteiger charge is 2.41. The van der Waals surface area contributed by atoms with E-state index >= 15 is 0 Å². The van der Waals surface area contributed by atoms with Gasteiger partial charge in [0.05, 0.1) is 6.61 Å². The summed E-state index contributed by atoms with van der Waals surface area (Å²) < 4.78 is 5.70. The Hall–Kier alpha value is -1.88. The smallest absolute Gasteiger partial charge is 0.276 e. The van der Waals surface area contributed by atoms with Gasteiger partial charge in [-0.05, 0) is 55.3 Å². The Bertz CT molecular complexity index is 620. The van der Waals surface area contributed by atoms with E-state index in [9.17, 15) is 4.79 Å². The summed E-state index contributed by atoms with van der Waals surface area (Å²) in [6.45, 7) is 2.93. The van der Waals surface area contributed by atoms with Gasteiger partial charge in [0.25, 0.3) is 5.91 Å². The van der Waals surface area contributed by atoms with Gasteiger partial charge < -0.3 is 10.1 Å². The summed E-state index contributed by atoms with van der Waals surface area (Å²) >= 11 is 5.25. The number of hydrogen-bond donors (Lipinski definition) is 1. The highest BCUT2D eigenvalue weighted by atomic mass is 32.1. The number of nitrogens with one attached hydrogen (secondary N) is 1. The third-order valence-electron chi connectivity index (χ3n) is 4.03. The van der Waals surface area contributed by atoms with Crippen LogP contribution in [0, 0.1) is 0 Å². The van der Waals surface area contributed by atoms with Crippen molar-refractivity contribution < 1.29 is 9.53 Å². The number of carbonyl (C=O) groups is 1. The molecular weight excluding hydrogens is 308 g/mol. The number of carbonyl (C=O) groups excluding carboxylic acids is 1. The second-order valence-corrected chi connectivity index (χ2v) is 6.41. The predicted octanol–water partition coefficient (Wildman–Crippen LogP) is 3.48. The maximum Gasteiger partial charge on any atom is 0.276 e. The van der Waals surface area contributed by atoms with Crippen LogP contribution in [0.15, 0.2) is 30.0 Å². The fourth-order valence-electron chi connectivity index (χ4n) is 2.58. The minimum atomic E-state index is -0.0163. The number of unbranched alkanes of at least 4 members (excludes halogenated alkanes) is 2. The van der Waals surface area contributed by atoms with Gasteiger partial charge in [-0.25, -0.2) is 0 Å². The molecule has 1 heterocycles. The van der Waals surface area contributed by atoms with Crippen molar-refractivity contribution in [3.05, 3.63) is 35.5 Å². The van der Waals surface area contributed by atoms with Gasteiger partial charge in [-0.15, -0.1) is 0 Å². The molecule has 0 spiro atoms.